The fourth-order valence-corrected chi connectivity index (χ4v) is 2.43. The minimum Gasteiger partial charge on any atom is -0.375 e. The second kappa shape index (κ2) is 7.46. The van der Waals surface area contributed by atoms with Crippen molar-refractivity contribution in [3.8, 4) is 0 Å². The van der Waals surface area contributed by atoms with Gasteiger partial charge in [0.15, 0.2) is 0 Å². The molecule has 0 radical (unpaired) electrons. The van der Waals surface area contributed by atoms with Gasteiger partial charge in [0.1, 0.15) is 0 Å². The summed E-state index contributed by atoms with van der Waals surface area (Å²) >= 11 is 0. The van der Waals surface area contributed by atoms with Crippen LogP contribution >= 0.6 is 0 Å². The number of ether oxygens (including phenoxy) is 1. The molecular weight excluding hydrogens is 224 g/mol. The van der Waals surface area contributed by atoms with Gasteiger partial charge in [0.05, 0.1) is 12.2 Å². The van der Waals surface area contributed by atoms with Crippen molar-refractivity contribution in [1.82, 2.24) is 10.2 Å². The van der Waals surface area contributed by atoms with Crippen molar-refractivity contribution in [2.75, 3.05) is 32.8 Å². The van der Waals surface area contributed by atoms with Crippen LogP contribution in [0.2, 0.25) is 0 Å². The standard InChI is InChI=1S/C15H32N2O/c1-13(2)11-16-12-14-7-6-8-17(14)9-10-18-15(3,4)5/h13-14,16H,6-12H2,1-5H3. The van der Waals surface area contributed by atoms with Crippen LogP contribution in [0.1, 0.15) is 47.5 Å². The molecule has 108 valence electrons. The molecule has 3 nitrogen and oxygen atoms in total. The summed E-state index contributed by atoms with van der Waals surface area (Å²) in [5.41, 5.74) is -0.00882. The third kappa shape index (κ3) is 6.72. The molecule has 1 atom stereocenters. The molecule has 1 fully saturated rings. The molecule has 1 rings (SSSR count). The molecule has 1 N–H and O–H groups in total. The molecule has 3 heteroatoms. The van der Waals surface area contributed by atoms with Crippen molar-refractivity contribution in [2.45, 2.75) is 59.1 Å². The van der Waals surface area contributed by atoms with Gasteiger partial charge < -0.3 is 10.1 Å². The van der Waals surface area contributed by atoms with E-state index >= 15 is 0 Å². The van der Waals surface area contributed by atoms with Crippen LogP contribution in [0.25, 0.3) is 0 Å². The second-order valence-corrected chi connectivity index (χ2v) is 6.84. The van der Waals surface area contributed by atoms with Gasteiger partial charge in [0.25, 0.3) is 0 Å². The van der Waals surface area contributed by atoms with Gasteiger partial charge in [-0.1, -0.05) is 13.8 Å². The zero-order chi connectivity index (χ0) is 13.6. The van der Waals surface area contributed by atoms with Crippen LogP contribution in [0.4, 0.5) is 0 Å². The highest BCUT2D eigenvalue weighted by Crippen LogP contribution is 2.16. The molecule has 1 aliphatic rings. The molecule has 1 heterocycles. The maximum absolute atomic E-state index is 5.82. The van der Waals surface area contributed by atoms with E-state index in [2.05, 4.69) is 44.8 Å². The summed E-state index contributed by atoms with van der Waals surface area (Å²) < 4.78 is 5.82. The lowest BCUT2D eigenvalue weighted by molar-refractivity contribution is -0.0143. The summed E-state index contributed by atoms with van der Waals surface area (Å²) in [5, 5.41) is 3.58. The highest BCUT2D eigenvalue weighted by molar-refractivity contribution is 4.81. The lowest BCUT2D eigenvalue weighted by atomic mass is 10.2. The van der Waals surface area contributed by atoms with E-state index in [1.807, 2.05) is 0 Å². The maximum atomic E-state index is 5.82. The van der Waals surface area contributed by atoms with Gasteiger partial charge in [-0.05, 0) is 52.6 Å². The maximum Gasteiger partial charge on any atom is 0.0600 e. The largest absolute Gasteiger partial charge is 0.375 e. The molecule has 18 heavy (non-hydrogen) atoms. The predicted octanol–water partition coefficient (Wildman–Crippen LogP) is 2.51. The van der Waals surface area contributed by atoms with Crippen LogP contribution in [-0.4, -0.2) is 49.3 Å². The summed E-state index contributed by atoms with van der Waals surface area (Å²) in [6, 6.07) is 0.715. The molecular formula is C15H32N2O. The number of nitrogens with one attached hydrogen (secondary N) is 1. The highest BCUT2D eigenvalue weighted by atomic mass is 16.5. The van der Waals surface area contributed by atoms with Gasteiger partial charge in [-0.2, -0.15) is 0 Å². The molecule has 0 aromatic rings. The van der Waals surface area contributed by atoms with Crippen LogP contribution < -0.4 is 5.32 Å². The topological polar surface area (TPSA) is 24.5 Å². The first-order valence-electron chi connectivity index (χ1n) is 7.47. The first-order chi connectivity index (χ1) is 8.38. The average Bonchev–Trinajstić information content (AvgIpc) is 2.63. The molecule has 0 bridgehead atoms. The Morgan fingerprint density at radius 2 is 2.06 bits per heavy atom. The summed E-state index contributed by atoms with van der Waals surface area (Å²) in [5.74, 6) is 0.740. The number of hydrogen-bond donors (Lipinski definition) is 1. The molecule has 1 unspecified atom stereocenters. The van der Waals surface area contributed by atoms with Crippen LogP contribution in [0, 0.1) is 5.92 Å². The first-order valence-corrected chi connectivity index (χ1v) is 7.47. The summed E-state index contributed by atoms with van der Waals surface area (Å²) in [7, 11) is 0. The lowest BCUT2D eigenvalue weighted by Gasteiger charge is -2.27. The van der Waals surface area contributed by atoms with Gasteiger partial charge in [0.2, 0.25) is 0 Å². The minimum absolute atomic E-state index is 0.00882. The Balaban J connectivity index is 2.19. The molecule has 1 saturated heterocycles. The Bertz CT molecular complexity index is 223. The van der Waals surface area contributed by atoms with E-state index in [0.717, 1.165) is 32.2 Å². The smallest absolute Gasteiger partial charge is 0.0600 e. The van der Waals surface area contributed by atoms with E-state index in [1.165, 1.54) is 19.4 Å². The van der Waals surface area contributed by atoms with E-state index in [4.69, 9.17) is 4.74 Å². The van der Waals surface area contributed by atoms with Crippen LogP contribution in [0.3, 0.4) is 0 Å². The van der Waals surface area contributed by atoms with Crippen molar-refractivity contribution < 1.29 is 4.74 Å². The van der Waals surface area contributed by atoms with Gasteiger partial charge in [0, 0.05) is 19.1 Å². The van der Waals surface area contributed by atoms with Crippen molar-refractivity contribution >= 4 is 0 Å². The molecule has 1 aliphatic heterocycles. The predicted molar refractivity (Wildman–Crippen MR) is 78.0 cm³/mol. The number of nitrogens with zero attached hydrogens (tertiary/aromatic N) is 1. The third-order valence-corrected chi connectivity index (χ3v) is 3.35. The fraction of sp³-hybridized carbons (Fsp3) is 1.00. The van der Waals surface area contributed by atoms with Crippen molar-refractivity contribution in [2.24, 2.45) is 5.92 Å². The minimum atomic E-state index is -0.00882. The first kappa shape index (κ1) is 15.9. The monoisotopic (exact) mass is 256 g/mol. The van der Waals surface area contributed by atoms with Crippen LogP contribution in [0.5, 0.6) is 0 Å². The average molecular weight is 256 g/mol. The van der Waals surface area contributed by atoms with Gasteiger partial charge >= 0.3 is 0 Å². The molecule has 0 aliphatic carbocycles. The molecule has 0 saturated carbocycles. The Labute approximate surface area is 113 Å². The zero-order valence-electron chi connectivity index (χ0n) is 13.0. The Morgan fingerprint density at radius 3 is 2.67 bits per heavy atom. The van der Waals surface area contributed by atoms with Gasteiger partial charge in [-0.15, -0.1) is 0 Å². The Kier molecular flexibility index (Phi) is 6.61. The number of hydrogen-bond acceptors (Lipinski definition) is 3. The van der Waals surface area contributed by atoms with E-state index in [9.17, 15) is 0 Å². The zero-order valence-corrected chi connectivity index (χ0v) is 13.0. The quantitative estimate of drug-likeness (QED) is 0.757. The fourth-order valence-electron chi connectivity index (χ4n) is 2.43. The number of likely N-dealkylation sites (tertiary alicyclic amines) is 1. The second-order valence-electron chi connectivity index (χ2n) is 6.84. The van der Waals surface area contributed by atoms with Crippen molar-refractivity contribution in [3.05, 3.63) is 0 Å². The molecule has 0 amide bonds. The lowest BCUT2D eigenvalue weighted by Crippen LogP contribution is -2.41. The van der Waals surface area contributed by atoms with Crippen molar-refractivity contribution in [3.63, 3.8) is 0 Å². The molecule has 0 aromatic heterocycles. The van der Waals surface area contributed by atoms with E-state index in [0.29, 0.717) is 6.04 Å². The van der Waals surface area contributed by atoms with Crippen molar-refractivity contribution in [1.29, 1.82) is 0 Å². The van der Waals surface area contributed by atoms with Gasteiger partial charge in [-0.3, -0.25) is 4.90 Å². The molecule has 0 aromatic carbocycles. The van der Waals surface area contributed by atoms with E-state index < -0.39 is 0 Å². The third-order valence-electron chi connectivity index (χ3n) is 3.35. The summed E-state index contributed by atoms with van der Waals surface area (Å²) in [6.45, 7) is 16.3. The summed E-state index contributed by atoms with van der Waals surface area (Å²) in [4.78, 5) is 2.58. The van der Waals surface area contributed by atoms with E-state index in [-0.39, 0.29) is 5.60 Å². The highest BCUT2D eigenvalue weighted by Gasteiger charge is 2.24. The van der Waals surface area contributed by atoms with Gasteiger partial charge in [-0.25, -0.2) is 0 Å². The summed E-state index contributed by atoms with van der Waals surface area (Å²) in [6.07, 6.45) is 2.67. The Morgan fingerprint density at radius 1 is 1.33 bits per heavy atom. The number of rotatable bonds is 7. The SMILES string of the molecule is CC(C)CNCC1CCCN1CCOC(C)(C)C. The molecule has 0 spiro atoms. The van der Waals surface area contributed by atoms with Crippen LogP contribution in [-0.2, 0) is 4.74 Å². The Hall–Kier alpha value is -0.120. The van der Waals surface area contributed by atoms with E-state index in [1.54, 1.807) is 0 Å². The van der Waals surface area contributed by atoms with Crippen LogP contribution in [0.15, 0.2) is 0 Å². The normalized spacial score (nSPS) is 22.0.